The van der Waals surface area contributed by atoms with E-state index in [2.05, 4.69) is 20.8 Å². The van der Waals surface area contributed by atoms with Crippen molar-refractivity contribution in [2.75, 3.05) is 6.54 Å². The van der Waals surface area contributed by atoms with Crippen LogP contribution in [-0.4, -0.2) is 28.6 Å². The van der Waals surface area contributed by atoms with Crippen molar-refractivity contribution in [3.8, 4) is 0 Å². The molecule has 1 atom stereocenters. The fourth-order valence-corrected chi connectivity index (χ4v) is 2.13. The van der Waals surface area contributed by atoms with E-state index in [-0.39, 0.29) is 11.9 Å². The third kappa shape index (κ3) is 3.80. The standard InChI is InChI=1S/C12H20N4O2/c1-9-15-11(18-16-9)8-14-12(17)10-6-4-2-3-5-7-13-10/h10,13H,2-8H2,1H3,(H,14,17). The van der Waals surface area contributed by atoms with E-state index >= 15 is 0 Å². The van der Waals surface area contributed by atoms with Gasteiger partial charge >= 0.3 is 0 Å². The summed E-state index contributed by atoms with van der Waals surface area (Å²) in [6.45, 7) is 2.97. The van der Waals surface area contributed by atoms with Gasteiger partial charge in [-0.05, 0) is 26.3 Å². The van der Waals surface area contributed by atoms with Crippen LogP contribution in [0.2, 0.25) is 0 Å². The van der Waals surface area contributed by atoms with Gasteiger partial charge in [0.1, 0.15) is 0 Å². The van der Waals surface area contributed by atoms with Crippen LogP contribution in [0, 0.1) is 6.92 Å². The number of carbonyl (C=O) groups excluding carboxylic acids is 1. The Morgan fingerprint density at radius 1 is 1.44 bits per heavy atom. The molecule has 2 N–H and O–H groups in total. The monoisotopic (exact) mass is 252 g/mol. The van der Waals surface area contributed by atoms with E-state index in [4.69, 9.17) is 4.52 Å². The van der Waals surface area contributed by atoms with Crippen molar-refractivity contribution >= 4 is 5.91 Å². The van der Waals surface area contributed by atoms with Crippen LogP contribution in [-0.2, 0) is 11.3 Å². The Bertz CT molecular complexity index is 383. The molecule has 2 heterocycles. The van der Waals surface area contributed by atoms with E-state index in [9.17, 15) is 4.79 Å². The van der Waals surface area contributed by atoms with Crippen molar-refractivity contribution in [3.63, 3.8) is 0 Å². The van der Waals surface area contributed by atoms with Gasteiger partial charge in [-0.25, -0.2) is 0 Å². The molecule has 1 fully saturated rings. The quantitative estimate of drug-likeness (QED) is 0.836. The molecule has 0 saturated carbocycles. The molecule has 0 spiro atoms. The van der Waals surface area contributed by atoms with Gasteiger partial charge < -0.3 is 15.2 Å². The largest absolute Gasteiger partial charge is 0.346 e. The SMILES string of the molecule is Cc1noc(CNC(=O)C2CCCCCCN2)n1. The van der Waals surface area contributed by atoms with Crippen molar-refractivity contribution < 1.29 is 9.32 Å². The van der Waals surface area contributed by atoms with Gasteiger partial charge in [0.2, 0.25) is 11.8 Å². The van der Waals surface area contributed by atoms with Crippen LogP contribution < -0.4 is 10.6 Å². The summed E-state index contributed by atoms with van der Waals surface area (Å²) >= 11 is 0. The molecule has 1 saturated heterocycles. The fourth-order valence-electron chi connectivity index (χ4n) is 2.13. The summed E-state index contributed by atoms with van der Waals surface area (Å²) in [5.74, 6) is 1.06. The molecule has 1 aromatic rings. The molecule has 6 nitrogen and oxygen atoms in total. The second-order valence-electron chi connectivity index (χ2n) is 4.66. The number of amides is 1. The van der Waals surface area contributed by atoms with Gasteiger partial charge in [0.05, 0.1) is 12.6 Å². The molecule has 0 radical (unpaired) electrons. The first-order chi connectivity index (χ1) is 8.75. The second-order valence-corrected chi connectivity index (χ2v) is 4.66. The minimum atomic E-state index is -0.0886. The van der Waals surface area contributed by atoms with E-state index in [0.29, 0.717) is 18.3 Å². The van der Waals surface area contributed by atoms with Gasteiger partial charge in [-0.3, -0.25) is 4.79 Å². The molecule has 18 heavy (non-hydrogen) atoms. The summed E-state index contributed by atoms with van der Waals surface area (Å²) in [4.78, 5) is 16.0. The second kappa shape index (κ2) is 6.49. The molecule has 0 aromatic carbocycles. The average Bonchev–Trinajstić information content (AvgIpc) is 2.72. The molecular weight excluding hydrogens is 232 g/mol. The van der Waals surface area contributed by atoms with E-state index in [1.54, 1.807) is 6.92 Å². The van der Waals surface area contributed by atoms with Gasteiger partial charge in [-0.15, -0.1) is 0 Å². The van der Waals surface area contributed by atoms with Crippen LogP contribution >= 0.6 is 0 Å². The Labute approximate surface area is 107 Å². The molecule has 1 aliphatic heterocycles. The highest BCUT2D eigenvalue weighted by Crippen LogP contribution is 2.09. The lowest BCUT2D eigenvalue weighted by Gasteiger charge is -2.20. The van der Waals surface area contributed by atoms with Gasteiger partial charge in [0.15, 0.2) is 5.82 Å². The summed E-state index contributed by atoms with van der Waals surface area (Å²) in [7, 11) is 0. The van der Waals surface area contributed by atoms with Crippen LogP contribution in [0.25, 0.3) is 0 Å². The van der Waals surface area contributed by atoms with Gasteiger partial charge in [-0.2, -0.15) is 4.98 Å². The molecule has 1 aliphatic rings. The Morgan fingerprint density at radius 2 is 2.28 bits per heavy atom. The number of carbonyl (C=O) groups is 1. The lowest BCUT2D eigenvalue weighted by molar-refractivity contribution is -0.123. The summed E-state index contributed by atoms with van der Waals surface area (Å²) in [6, 6.07) is -0.0886. The summed E-state index contributed by atoms with van der Waals surface area (Å²) in [5, 5.41) is 9.80. The van der Waals surface area contributed by atoms with Crippen LogP contribution in [0.4, 0.5) is 0 Å². The summed E-state index contributed by atoms with van der Waals surface area (Å²) in [5.41, 5.74) is 0. The van der Waals surface area contributed by atoms with E-state index in [0.717, 1.165) is 25.8 Å². The van der Waals surface area contributed by atoms with E-state index in [1.165, 1.54) is 12.8 Å². The number of nitrogens with one attached hydrogen (secondary N) is 2. The zero-order valence-corrected chi connectivity index (χ0v) is 10.7. The number of hydrogen-bond donors (Lipinski definition) is 2. The summed E-state index contributed by atoms with van der Waals surface area (Å²) < 4.78 is 4.95. The van der Waals surface area contributed by atoms with Crippen molar-refractivity contribution in [1.29, 1.82) is 0 Å². The molecule has 100 valence electrons. The van der Waals surface area contributed by atoms with Gasteiger partial charge in [0.25, 0.3) is 0 Å². The zero-order valence-electron chi connectivity index (χ0n) is 10.7. The molecule has 0 aliphatic carbocycles. The molecule has 2 rings (SSSR count). The van der Waals surface area contributed by atoms with Crippen molar-refractivity contribution in [1.82, 2.24) is 20.8 Å². The molecule has 1 amide bonds. The Balaban J connectivity index is 1.79. The van der Waals surface area contributed by atoms with Crippen LogP contribution in [0.3, 0.4) is 0 Å². The highest BCUT2D eigenvalue weighted by Gasteiger charge is 2.18. The smallest absolute Gasteiger partial charge is 0.246 e. The molecule has 1 aromatic heterocycles. The highest BCUT2D eigenvalue weighted by molar-refractivity contribution is 5.81. The number of rotatable bonds is 3. The predicted molar refractivity (Wildman–Crippen MR) is 65.8 cm³/mol. The predicted octanol–water partition coefficient (Wildman–Crippen LogP) is 0.917. The molecular formula is C12H20N4O2. The first-order valence-corrected chi connectivity index (χ1v) is 6.56. The highest BCUT2D eigenvalue weighted by atomic mass is 16.5. The first kappa shape index (κ1) is 13.0. The molecule has 0 bridgehead atoms. The number of hydrogen-bond acceptors (Lipinski definition) is 5. The number of aryl methyl sites for hydroxylation is 1. The molecule has 6 heteroatoms. The van der Waals surface area contributed by atoms with Gasteiger partial charge in [-0.1, -0.05) is 24.4 Å². The van der Waals surface area contributed by atoms with Crippen molar-refractivity contribution in [2.45, 2.75) is 51.6 Å². The third-order valence-electron chi connectivity index (χ3n) is 3.11. The Morgan fingerprint density at radius 3 is 3.06 bits per heavy atom. The van der Waals surface area contributed by atoms with E-state index in [1.807, 2.05) is 0 Å². The first-order valence-electron chi connectivity index (χ1n) is 6.56. The molecule has 1 unspecified atom stereocenters. The van der Waals surface area contributed by atoms with Crippen LogP contribution in [0.5, 0.6) is 0 Å². The van der Waals surface area contributed by atoms with E-state index < -0.39 is 0 Å². The average molecular weight is 252 g/mol. The lowest BCUT2D eigenvalue weighted by atomic mass is 10.0. The lowest BCUT2D eigenvalue weighted by Crippen LogP contribution is -2.44. The maximum Gasteiger partial charge on any atom is 0.246 e. The van der Waals surface area contributed by atoms with Crippen molar-refractivity contribution in [3.05, 3.63) is 11.7 Å². The minimum Gasteiger partial charge on any atom is -0.346 e. The third-order valence-corrected chi connectivity index (χ3v) is 3.11. The Kier molecular flexibility index (Phi) is 4.69. The van der Waals surface area contributed by atoms with Crippen molar-refractivity contribution in [2.24, 2.45) is 0 Å². The Hall–Kier alpha value is -1.43. The number of nitrogens with zero attached hydrogens (tertiary/aromatic N) is 2. The van der Waals surface area contributed by atoms with Crippen LogP contribution in [0.1, 0.15) is 43.8 Å². The fraction of sp³-hybridized carbons (Fsp3) is 0.750. The van der Waals surface area contributed by atoms with Crippen LogP contribution in [0.15, 0.2) is 4.52 Å². The zero-order chi connectivity index (χ0) is 12.8. The number of aromatic nitrogens is 2. The van der Waals surface area contributed by atoms with Gasteiger partial charge in [0, 0.05) is 0 Å². The maximum absolute atomic E-state index is 12.0. The maximum atomic E-state index is 12.0. The minimum absolute atomic E-state index is 0.0211. The topological polar surface area (TPSA) is 80.0 Å². The summed E-state index contributed by atoms with van der Waals surface area (Å²) in [6.07, 6.45) is 5.61. The normalized spacial score (nSPS) is 21.1.